The van der Waals surface area contributed by atoms with Gasteiger partial charge in [-0.2, -0.15) is 0 Å². The predicted molar refractivity (Wildman–Crippen MR) is 78.0 cm³/mol. The van der Waals surface area contributed by atoms with E-state index in [1.54, 1.807) is 4.68 Å². The van der Waals surface area contributed by atoms with Crippen LogP contribution in [0.4, 0.5) is 5.69 Å². The molecule has 110 valence electrons. The molecule has 1 amide bonds. The van der Waals surface area contributed by atoms with Crippen molar-refractivity contribution >= 4 is 11.6 Å². The molecule has 0 spiro atoms. The Kier molecular flexibility index (Phi) is 3.66. The maximum Gasteiger partial charge on any atom is 0.244 e. The van der Waals surface area contributed by atoms with Gasteiger partial charge in [0.05, 0.1) is 11.2 Å². The Morgan fingerprint density at radius 3 is 2.81 bits per heavy atom. The van der Waals surface area contributed by atoms with Crippen molar-refractivity contribution in [2.24, 2.45) is 0 Å². The lowest BCUT2D eigenvalue weighted by molar-refractivity contribution is -0.122. The fourth-order valence-corrected chi connectivity index (χ4v) is 2.69. The topological polar surface area (TPSA) is 84.7 Å². The summed E-state index contributed by atoms with van der Waals surface area (Å²) < 4.78 is 1.57. The molecule has 0 radical (unpaired) electrons. The fraction of sp³-hybridized carbons (Fsp3) is 0.429. The van der Waals surface area contributed by atoms with Gasteiger partial charge in [-0.3, -0.25) is 4.79 Å². The summed E-state index contributed by atoms with van der Waals surface area (Å²) in [6.45, 7) is 2.94. The monoisotopic (exact) mass is 286 g/mol. The van der Waals surface area contributed by atoms with Gasteiger partial charge in [0, 0.05) is 5.69 Å². The molecule has 2 N–H and O–H groups in total. The van der Waals surface area contributed by atoms with E-state index >= 15 is 0 Å². The maximum absolute atomic E-state index is 12.5. The first kappa shape index (κ1) is 13.7. The third kappa shape index (κ3) is 2.64. The molecule has 0 bridgehead atoms. The summed E-state index contributed by atoms with van der Waals surface area (Å²) in [5.74, 6) is 0.0395. The third-order valence-electron chi connectivity index (χ3n) is 4.02. The summed E-state index contributed by atoms with van der Waals surface area (Å²) in [5.41, 5.74) is 1.20. The van der Waals surface area contributed by atoms with Crippen LogP contribution >= 0.6 is 0 Å². The first-order valence-corrected chi connectivity index (χ1v) is 7.13. The zero-order chi connectivity index (χ0) is 14.7. The number of carbonyl (C=O) groups is 1. The van der Waals surface area contributed by atoms with E-state index in [1.165, 1.54) is 6.33 Å². The van der Waals surface area contributed by atoms with Crippen molar-refractivity contribution in [2.75, 3.05) is 11.9 Å². The van der Waals surface area contributed by atoms with Crippen molar-refractivity contribution in [3.63, 3.8) is 0 Å². The highest BCUT2D eigenvalue weighted by molar-refractivity contribution is 5.98. The first-order chi connectivity index (χ1) is 10.2. The average molecular weight is 286 g/mol. The zero-order valence-electron chi connectivity index (χ0n) is 11.9. The van der Waals surface area contributed by atoms with E-state index in [9.17, 15) is 4.79 Å². The minimum Gasteiger partial charge on any atom is -0.324 e. The summed E-state index contributed by atoms with van der Waals surface area (Å²) in [4.78, 5) is 12.5. The molecule has 1 aromatic carbocycles. The van der Waals surface area contributed by atoms with Crippen molar-refractivity contribution in [1.29, 1.82) is 0 Å². The van der Waals surface area contributed by atoms with Crippen molar-refractivity contribution in [3.05, 3.63) is 30.6 Å². The Balaban J connectivity index is 1.72. The number of rotatable bonds is 4. The van der Waals surface area contributed by atoms with Gasteiger partial charge in [0.1, 0.15) is 6.33 Å². The predicted octanol–water partition coefficient (Wildman–Crippen LogP) is 1.13. The number of benzene rings is 1. The molecule has 1 aliphatic rings. The first-order valence-electron chi connectivity index (χ1n) is 7.13. The molecule has 21 heavy (non-hydrogen) atoms. The molecule has 0 saturated carbocycles. The lowest BCUT2D eigenvalue weighted by Crippen LogP contribution is -2.50. The summed E-state index contributed by atoms with van der Waals surface area (Å²) in [5, 5.41) is 17.3. The van der Waals surface area contributed by atoms with Gasteiger partial charge in [0.25, 0.3) is 0 Å². The van der Waals surface area contributed by atoms with E-state index in [1.807, 2.05) is 31.2 Å². The number of anilines is 1. The summed E-state index contributed by atoms with van der Waals surface area (Å²) in [6.07, 6.45) is 4.25. The molecule has 2 heterocycles. The van der Waals surface area contributed by atoms with Crippen LogP contribution < -0.4 is 10.6 Å². The van der Waals surface area contributed by atoms with Crippen LogP contribution in [-0.4, -0.2) is 38.2 Å². The number of nitrogens with zero attached hydrogens (tertiary/aromatic N) is 4. The van der Waals surface area contributed by atoms with Crippen LogP contribution in [-0.2, 0) is 4.79 Å². The number of hydrogen-bond acceptors (Lipinski definition) is 5. The van der Waals surface area contributed by atoms with Crippen LogP contribution in [0.15, 0.2) is 30.6 Å². The molecule has 0 aliphatic carbocycles. The standard InChI is InChI=1S/C14H18N6O/c1-2-14(8-3-9-15-14)13(21)17-11-4-6-12(7-5-11)20-10-16-18-19-20/h4-7,10,15H,2-3,8-9H2,1H3,(H,17,21). The number of carbonyl (C=O) groups excluding carboxylic acids is 1. The molecule has 1 aliphatic heterocycles. The molecular weight excluding hydrogens is 268 g/mol. The second-order valence-corrected chi connectivity index (χ2v) is 5.22. The molecule has 7 nitrogen and oxygen atoms in total. The van der Waals surface area contributed by atoms with E-state index in [0.717, 1.165) is 37.2 Å². The van der Waals surface area contributed by atoms with Gasteiger partial charge < -0.3 is 10.6 Å². The van der Waals surface area contributed by atoms with Crippen molar-refractivity contribution in [2.45, 2.75) is 31.7 Å². The van der Waals surface area contributed by atoms with Gasteiger partial charge >= 0.3 is 0 Å². The Bertz CT molecular complexity index is 601. The fourth-order valence-electron chi connectivity index (χ4n) is 2.69. The largest absolute Gasteiger partial charge is 0.324 e. The number of aromatic nitrogens is 4. The molecule has 1 unspecified atom stereocenters. The quantitative estimate of drug-likeness (QED) is 0.880. The van der Waals surface area contributed by atoms with Crippen LogP contribution in [0.25, 0.3) is 5.69 Å². The summed E-state index contributed by atoms with van der Waals surface area (Å²) in [7, 11) is 0. The lowest BCUT2D eigenvalue weighted by Gasteiger charge is -2.26. The van der Waals surface area contributed by atoms with Crippen LogP contribution in [0, 0.1) is 0 Å². The normalized spacial score (nSPS) is 21.4. The van der Waals surface area contributed by atoms with Gasteiger partial charge in [-0.15, -0.1) is 5.10 Å². The molecule has 1 saturated heterocycles. The van der Waals surface area contributed by atoms with E-state index in [4.69, 9.17) is 0 Å². The number of nitrogens with one attached hydrogen (secondary N) is 2. The molecule has 2 aromatic rings. The average Bonchev–Trinajstić information content (AvgIpc) is 3.20. The van der Waals surface area contributed by atoms with Gasteiger partial charge in [-0.1, -0.05) is 6.92 Å². The SMILES string of the molecule is CCC1(C(=O)Nc2ccc(-n3cnnn3)cc2)CCCN1. The Labute approximate surface area is 122 Å². The smallest absolute Gasteiger partial charge is 0.244 e. The molecular formula is C14H18N6O. The summed E-state index contributed by atoms with van der Waals surface area (Å²) in [6, 6.07) is 7.44. The Morgan fingerprint density at radius 2 is 2.24 bits per heavy atom. The van der Waals surface area contributed by atoms with Crippen molar-refractivity contribution < 1.29 is 4.79 Å². The maximum atomic E-state index is 12.5. The number of hydrogen-bond donors (Lipinski definition) is 2. The van der Waals surface area contributed by atoms with Crippen molar-refractivity contribution in [3.8, 4) is 5.69 Å². The van der Waals surface area contributed by atoms with Gasteiger partial charge in [-0.25, -0.2) is 4.68 Å². The highest BCUT2D eigenvalue weighted by atomic mass is 16.2. The molecule has 1 aromatic heterocycles. The van der Waals surface area contributed by atoms with Crippen molar-refractivity contribution in [1.82, 2.24) is 25.5 Å². The molecule has 1 fully saturated rings. The van der Waals surface area contributed by atoms with Crippen LogP contribution in [0.2, 0.25) is 0 Å². The number of amides is 1. The highest BCUT2D eigenvalue weighted by Crippen LogP contribution is 2.25. The molecule has 7 heteroatoms. The van der Waals surface area contributed by atoms with E-state index in [0.29, 0.717) is 0 Å². The van der Waals surface area contributed by atoms with Crippen LogP contribution in [0.1, 0.15) is 26.2 Å². The molecule has 3 rings (SSSR count). The second kappa shape index (κ2) is 5.61. The highest BCUT2D eigenvalue weighted by Gasteiger charge is 2.38. The summed E-state index contributed by atoms with van der Waals surface area (Å²) >= 11 is 0. The molecule has 1 atom stereocenters. The van der Waals surface area contributed by atoms with E-state index in [-0.39, 0.29) is 5.91 Å². The second-order valence-electron chi connectivity index (χ2n) is 5.22. The Morgan fingerprint density at radius 1 is 1.43 bits per heavy atom. The Hall–Kier alpha value is -2.28. The number of tetrazole rings is 1. The van der Waals surface area contributed by atoms with Gasteiger partial charge in [0.15, 0.2) is 0 Å². The lowest BCUT2D eigenvalue weighted by atomic mass is 9.93. The van der Waals surface area contributed by atoms with Crippen LogP contribution in [0.3, 0.4) is 0 Å². The van der Waals surface area contributed by atoms with E-state index in [2.05, 4.69) is 26.2 Å². The zero-order valence-corrected chi connectivity index (χ0v) is 11.9. The van der Waals surface area contributed by atoms with Gasteiger partial charge in [0.2, 0.25) is 5.91 Å². The van der Waals surface area contributed by atoms with Gasteiger partial charge in [-0.05, 0) is 60.5 Å². The minimum absolute atomic E-state index is 0.0395. The third-order valence-corrected chi connectivity index (χ3v) is 4.02. The van der Waals surface area contributed by atoms with E-state index < -0.39 is 5.54 Å². The van der Waals surface area contributed by atoms with Crippen LogP contribution in [0.5, 0.6) is 0 Å². The minimum atomic E-state index is -0.422.